The van der Waals surface area contributed by atoms with Gasteiger partial charge in [0.2, 0.25) is 0 Å². The molecule has 0 saturated carbocycles. The number of imidazole rings is 1. The third-order valence-electron chi connectivity index (χ3n) is 1.68. The van der Waals surface area contributed by atoms with E-state index < -0.39 is 0 Å². The van der Waals surface area contributed by atoms with Crippen LogP contribution < -0.4 is 9.67 Å². The van der Waals surface area contributed by atoms with E-state index in [1.165, 1.54) is 0 Å². The van der Waals surface area contributed by atoms with Gasteiger partial charge in [0.15, 0.2) is 0 Å². The van der Waals surface area contributed by atoms with Crippen molar-refractivity contribution in [1.82, 2.24) is 4.57 Å². The van der Waals surface area contributed by atoms with Crippen LogP contribution in [0.1, 0.15) is 12.7 Å². The van der Waals surface area contributed by atoms with E-state index in [4.69, 9.17) is 0 Å². The third-order valence-corrected chi connectivity index (χ3v) is 1.68. The summed E-state index contributed by atoms with van der Waals surface area (Å²) in [6.07, 6.45) is 3.66. The van der Waals surface area contributed by atoms with Crippen LogP contribution in [0.2, 0.25) is 0 Å². The van der Waals surface area contributed by atoms with Crippen molar-refractivity contribution >= 4 is 5.90 Å². The quantitative estimate of drug-likeness (QED) is 0.316. The summed E-state index contributed by atoms with van der Waals surface area (Å²) >= 11 is 0. The van der Waals surface area contributed by atoms with Crippen LogP contribution in [0.4, 0.5) is 0 Å². The van der Waals surface area contributed by atoms with Crippen LogP contribution in [-0.2, 0) is 14.1 Å². The zero-order valence-electron chi connectivity index (χ0n) is 7.61. The Hall–Kier alpha value is -1.32. The zero-order chi connectivity index (χ0) is 9.14. The van der Waals surface area contributed by atoms with Gasteiger partial charge >= 0.3 is 0 Å². The van der Waals surface area contributed by atoms with Gasteiger partial charge in [-0.05, 0) is 6.92 Å². The molecule has 1 heterocycles. The molecule has 1 rings (SSSR count). The molecular weight excluding hydrogens is 154 g/mol. The second-order valence-corrected chi connectivity index (χ2v) is 2.62. The first-order chi connectivity index (χ1) is 5.66. The standard InChI is InChI=1S/C8H13N3O/c1-4-9-7(12)8-10(2)5-6-11(8)3/h5-6H,4H2,1-3H3. The van der Waals surface area contributed by atoms with E-state index in [1.807, 2.05) is 33.4 Å². The molecule has 12 heavy (non-hydrogen) atoms. The fourth-order valence-corrected chi connectivity index (χ4v) is 1.11. The van der Waals surface area contributed by atoms with Gasteiger partial charge in [0, 0.05) is 6.54 Å². The van der Waals surface area contributed by atoms with E-state index in [2.05, 4.69) is 4.99 Å². The van der Waals surface area contributed by atoms with Crippen LogP contribution in [0.3, 0.4) is 0 Å². The fourth-order valence-electron chi connectivity index (χ4n) is 1.11. The second-order valence-electron chi connectivity index (χ2n) is 2.62. The van der Waals surface area contributed by atoms with Gasteiger partial charge in [-0.3, -0.25) is 4.99 Å². The first-order valence-electron chi connectivity index (χ1n) is 3.89. The highest BCUT2D eigenvalue weighted by molar-refractivity contribution is 5.85. The Bertz CT molecular complexity index is 282. The van der Waals surface area contributed by atoms with E-state index in [9.17, 15) is 5.11 Å². The average molecular weight is 167 g/mol. The van der Waals surface area contributed by atoms with Gasteiger partial charge in [0.25, 0.3) is 5.82 Å². The maximum Gasteiger partial charge on any atom is 0.291 e. The van der Waals surface area contributed by atoms with Gasteiger partial charge < -0.3 is 5.11 Å². The lowest BCUT2D eigenvalue weighted by molar-refractivity contribution is -0.674. The Labute approximate surface area is 71.8 Å². The maximum absolute atomic E-state index is 11.3. The van der Waals surface area contributed by atoms with Crippen molar-refractivity contribution in [1.29, 1.82) is 0 Å². The summed E-state index contributed by atoms with van der Waals surface area (Å²) in [7, 11) is 3.66. The normalized spacial score (nSPS) is 12.1. The number of aryl methyl sites for hydroxylation is 2. The van der Waals surface area contributed by atoms with Crippen molar-refractivity contribution in [2.45, 2.75) is 6.92 Å². The lowest BCUT2D eigenvalue weighted by Gasteiger charge is -2.05. The van der Waals surface area contributed by atoms with Crippen LogP contribution in [0.15, 0.2) is 17.4 Å². The monoisotopic (exact) mass is 167 g/mol. The molecule has 4 heteroatoms. The summed E-state index contributed by atoms with van der Waals surface area (Å²) < 4.78 is 3.53. The van der Waals surface area contributed by atoms with Crippen molar-refractivity contribution in [3.63, 3.8) is 0 Å². The van der Waals surface area contributed by atoms with Crippen molar-refractivity contribution in [2.75, 3.05) is 6.54 Å². The van der Waals surface area contributed by atoms with E-state index in [-0.39, 0.29) is 5.90 Å². The minimum Gasteiger partial charge on any atom is -0.853 e. The van der Waals surface area contributed by atoms with Crippen molar-refractivity contribution in [3.05, 3.63) is 18.2 Å². The number of rotatable bonds is 2. The molecule has 1 aromatic heterocycles. The van der Waals surface area contributed by atoms with Gasteiger partial charge in [-0.25, -0.2) is 9.13 Å². The first kappa shape index (κ1) is 8.77. The third kappa shape index (κ3) is 1.47. The Kier molecular flexibility index (Phi) is 2.47. The molecule has 0 unspecified atom stereocenters. The molecule has 0 aliphatic rings. The Morgan fingerprint density at radius 1 is 1.75 bits per heavy atom. The lowest BCUT2D eigenvalue weighted by Crippen LogP contribution is -2.40. The highest BCUT2D eigenvalue weighted by Gasteiger charge is 2.09. The van der Waals surface area contributed by atoms with Gasteiger partial charge in [0.1, 0.15) is 12.4 Å². The summed E-state index contributed by atoms with van der Waals surface area (Å²) in [6, 6.07) is 0. The Morgan fingerprint density at radius 3 is 2.83 bits per heavy atom. The number of aromatic nitrogens is 2. The summed E-state index contributed by atoms with van der Waals surface area (Å²) in [5, 5.41) is 11.3. The number of nitrogens with zero attached hydrogens (tertiary/aromatic N) is 3. The predicted molar refractivity (Wildman–Crippen MR) is 43.7 cm³/mol. The van der Waals surface area contributed by atoms with Crippen LogP contribution in [-0.4, -0.2) is 17.0 Å². The van der Waals surface area contributed by atoms with Gasteiger partial charge in [-0.2, -0.15) is 0 Å². The zero-order valence-corrected chi connectivity index (χ0v) is 7.61. The van der Waals surface area contributed by atoms with E-state index in [0.29, 0.717) is 12.4 Å². The first-order valence-corrected chi connectivity index (χ1v) is 3.89. The molecule has 0 spiro atoms. The van der Waals surface area contributed by atoms with E-state index in [1.54, 1.807) is 9.13 Å². The molecule has 1 aromatic rings. The molecule has 0 atom stereocenters. The minimum atomic E-state index is -0.160. The number of hydrogen-bond acceptors (Lipinski definition) is 2. The molecular formula is C8H13N3O. The maximum atomic E-state index is 11.3. The highest BCUT2D eigenvalue weighted by Crippen LogP contribution is 1.90. The fraction of sp³-hybridized carbons (Fsp3) is 0.500. The molecule has 0 radical (unpaired) electrons. The average Bonchev–Trinajstić information content (AvgIpc) is 2.32. The smallest absolute Gasteiger partial charge is 0.291 e. The molecule has 0 fully saturated rings. The molecule has 0 saturated heterocycles. The highest BCUT2D eigenvalue weighted by atomic mass is 16.3. The number of hydrogen-bond donors (Lipinski definition) is 0. The molecule has 0 aliphatic carbocycles. The van der Waals surface area contributed by atoms with Crippen LogP contribution >= 0.6 is 0 Å². The second kappa shape index (κ2) is 3.38. The van der Waals surface area contributed by atoms with Crippen molar-refractivity contribution < 1.29 is 9.67 Å². The van der Waals surface area contributed by atoms with Crippen molar-refractivity contribution in [3.8, 4) is 0 Å². The van der Waals surface area contributed by atoms with Crippen LogP contribution in [0.25, 0.3) is 0 Å². The molecule has 0 aromatic carbocycles. The summed E-state index contributed by atoms with van der Waals surface area (Å²) in [5.41, 5.74) is 0. The van der Waals surface area contributed by atoms with Crippen molar-refractivity contribution in [2.24, 2.45) is 19.1 Å². The molecule has 0 bridgehead atoms. The Balaban J connectivity index is 3.09. The van der Waals surface area contributed by atoms with Gasteiger partial charge in [0.05, 0.1) is 20.0 Å². The van der Waals surface area contributed by atoms with Crippen LogP contribution in [0.5, 0.6) is 0 Å². The van der Waals surface area contributed by atoms with E-state index >= 15 is 0 Å². The SMILES string of the molecule is CCN=C([O-])c1n(C)cc[n+]1C. The predicted octanol–water partition coefficient (Wildman–Crippen LogP) is -1.02. The summed E-state index contributed by atoms with van der Waals surface area (Å²) in [4.78, 5) is 3.81. The molecule has 0 N–H and O–H groups in total. The lowest BCUT2D eigenvalue weighted by atomic mass is 10.5. The topological polar surface area (TPSA) is 44.2 Å². The molecule has 4 nitrogen and oxygen atoms in total. The molecule has 0 amide bonds. The number of aliphatic imine (C=N–C) groups is 1. The molecule has 66 valence electrons. The van der Waals surface area contributed by atoms with Crippen LogP contribution in [0, 0.1) is 0 Å². The minimum absolute atomic E-state index is 0.160. The van der Waals surface area contributed by atoms with Gasteiger partial charge in [-0.1, -0.05) is 0 Å². The summed E-state index contributed by atoms with van der Waals surface area (Å²) in [5.74, 6) is 0.448. The Morgan fingerprint density at radius 2 is 2.42 bits per heavy atom. The largest absolute Gasteiger partial charge is 0.853 e. The van der Waals surface area contributed by atoms with Gasteiger partial charge in [-0.15, -0.1) is 0 Å². The van der Waals surface area contributed by atoms with E-state index in [0.717, 1.165) is 0 Å². The summed E-state index contributed by atoms with van der Waals surface area (Å²) in [6.45, 7) is 2.38. The molecule has 0 aliphatic heterocycles.